The summed E-state index contributed by atoms with van der Waals surface area (Å²) in [5.74, 6) is 2.64. The van der Waals surface area contributed by atoms with Crippen LogP contribution in [0.25, 0.3) is 0 Å². The second-order valence-corrected chi connectivity index (χ2v) is 6.97. The molecule has 0 amide bonds. The minimum absolute atomic E-state index is 0.773. The number of hydrogen-bond donors (Lipinski definition) is 1. The van der Waals surface area contributed by atoms with Crippen molar-refractivity contribution >= 4 is 0 Å². The average Bonchev–Trinajstić information content (AvgIpc) is 2.88. The monoisotopic (exact) mass is 267 g/mol. The van der Waals surface area contributed by atoms with E-state index >= 15 is 0 Å². The van der Waals surface area contributed by atoms with Gasteiger partial charge in [-0.15, -0.1) is 0 Å². The largest absolute Gasteiger partial charge is 0.311 e. The third kappa shape index (κ3) is 2.33. The Morgan fingerprint density at radius 3 is 2.50 bits per heavy atom. The minimum atomic E-state index is 0.773. The number of nitrogens with one attached hydrogen (secondary N) is 1. The van der Waals surface area contributed by atoms with Gasteiger partial charge in [0.1, 0.15) is 0 Å². The van der Waals surface area contributed by atoms with Gasteiger partial charge in [0.15, 0.2) is 0 Å². The number of fused-ring (bicyclic) bond motifs is 1. The molecule has 0 heterocycles. The molecule has 0 aliphatic heterocycles. The van der Waals surface area contributed by atoms with E-state index in [0.29, 0.717) is 0 Å². The molecule has 2 saturated carbocycles. The van der Waals surface area contributed by atoms with Crippen molar-refractivity contribution in [3.63, 3.8) is 0 Å². The first-order valence-corrected chi connectivity index (χ1v) is 8.38. The van der Waals surface area contributed by atoms with Gasteiger partial charge in [0.2, 0.25) is 0 Å². The van der Waals surface area contributed by atoms with Crippen LogP contribution in [0.15, 0.2) is 42.5 Å². The Hall–Kier alpha value is -1.08. The molecule has 3 aliphatic carbocycles. The van der Waals surface area contributed by atoms with E-state index in [1.807, 2.05) is 0 Å². The second kappa shape index (κ2) is 5.37. The Bertz CT molecular complexity index is 470. The Morgan fingerprint density at radius 1 is 0.950 bits per heavy atom. The highest BCUT2D eigenvalue weighted by Gasteiger charge is 2.41. The summed E-state index contributed by atoms with van der Waals surface area (Å²) in [7, 11) is 0. The minimum Gasteiger partial charge on any atom is -0.311 e. The third-order valence-electron chi connectivity index (χ3n) is 5.81. The van der Waals surface area contributed by atoms with E-state index in [1.54, 1.807) is 5.56 Å². The molecule has 3 unspecified atom stereocenters. The summed E-state index contributed by atoms with van der Waals surface area (Å²) in [6, 6.07) is 12.7. The maximum absolute atomic E-state index is 3.95. The molecular formula is C19H25N. The van der Waals surface area contributed by atoms with Crippen LogP contribution in [0, 0.1) is 11.8 Å². The molecule has 4 rings (SSSR count). The van der Waals surface area contributed by atoms with Gasteiger partial charge in [-0.3, -0.25) is 0 Å². The Labute approximate surface area is 122 Å². The molecule has 1 N–H and O–H groups in total. The van der Waals surface area contributed by atoms with E-state index in [0.717, 1.165) is 29.8 Å². The summed E-state index contributed by atoms with van der Waals surface area (Å²) in [5.41, 5.74) is 1.55. The maximum atomic E-state index is 3.95. The zero-order chi connectivity index (χ0) is 13.4. The van der Waals surface area contributed by atoms with Crippen LogP contribution in [0.3, 0.4) is 0 Å². The summed E-state index contributed by atoms with van der Waals surface area (Å²) in [6.45, 7) is 0. The van der Waals surface area contributed by atoms with Crippen LogP contribution in [-0.4, -0.2) is 12.1 Å². The highest BCUT2D eigenvalue weighted by Crippen LogP contribution is 2.43. The molecule has 3 aliphatic rings. The van der Waals surface area contributed by atoms with Crippen molar-refractivity contribution in [1.29, 1.82) is 0 Å². The van der Waals surface area contributed by atoms with Gasteiger partial charge in [-0.05, 0) is 61.8 Å². The Kier molecular flexibility index (Phi) is 3.39. The SMILES string of the molecule is C1=CC2C(C1)CC2NC1CCC(c2ccccc2)CC1. The molecule has 2 fully saturated rings. The van der Waals surface area contributed by atoms with Crippen LogP contribution in [0.5, 0.6) is 0 Å². The van der Waals surface area contributed by atoms with Gasteiger partial charge >= 0.3 is 0 Å². The van der Waals surface area contributed by atoms with Crippen LogP contribution in [0.4, 0.5) is 0 Å². The summed E-state index contributed by atoms with van der Waals surface area (Å²) in [4.78, 5) is 0. The first-order valence-electron chi connectivity index (χ1n) is 8.38. The van der Waals surface area contributed by atoms with Crippen molar-refractivity contribution in [1.82, 2.24) is 5.32 Å². The van der Waals surface area contributed by atoms with E-state index in [1.165, 1.54) is 38.5 Å². The molecule has 106 valence electrons. The van der Waals surface area contributed by atoms with Crippen molar-refractivity contribution < 1.29 is 0 Å². The number of rotatable bonds is 3. The molecule has 1 aromatic carbocycles. The highest BCUT2D eigenvalue weighted by atomic mass is 15.0. The van der Waals surface area contributed by atoms with Crippen molar-refractivity contribution in [3.8, 4) is 0 Å². The number of benzene rings is 1. The molecule has 20 heavy (non-hydrogen) atoms. The van der Waals surface area contributed by atoms with Crippen molar-refractivity contribution in [2.75, 3.05) is 0 Å². The van der Waals surface area contributed by atoms with E-state index in [9.17, 15) is 0 Å². The molecule has 0 radical (unpaired) electrons. The predicted molar refractivity (Wildman–Crippen MR) is 83.7 cm³/mol. The molecule has 1 heteroatoms. The van der Waals surface area contributed by atoms with Gasteiger partial charge in [-0.25, -0.2) is 0 Å². The van der Waals surface area contributed by atoms with E-state index in [-0.39, 0.29) is 0 Å². The van der Waals surface area contributed by atoms with E-state index in [2.05, 4.69) is 47.8 Å². The lowest BCUT2D eigenvalue weighted by Crippen LogP contribution is -2.52. The Balaban J connectivity index is 1.29. The number of hydrogen-bond acceptors (Lipinski definition) is 1. The zero-order valence-electron chi connectivity index (χ0n) is 12.2. The maximum Gasteiger partial charge on any atom is 0.0138 e. The lowest BCUT2D eigenvalue weighted by Gasteiger charge is -2.44. The molecule has 1 aromatic rings. The van der Waals surface area contributed by atoms with Gasteiger partial charge < -0.3 is 5.32 Å². The topological polar surface area (TPSA) is 12.0 Å². The molecule has 3 atom stereocenters. The van der Waals surface area contributed by atoms with Crippen LogP contribution in [-0.2, 0) is 0 Å². The van der Waals surface area contributed by atoms with Gasteiger partial charge in [0.05, 0.1) is 0 Å². The first-order chi connectivity index (χ1) is 9.90. The van der Waals surface area contributed by atoms with Crippen LogP contribution in [0.1, 0.15) is 50.0 Å². The standard InChI is InChI=1S/C19H25N/c1-2-5-14(6-3-1)15-9-11-17(12-10-15)20-19-13-16-7-4-8-18(16)19/h1-6,8,15-20H,7,9-13H2. The fourth-order valence-electron chi connectivity index (χ4n) is 4.53. The third-order valence-corrected chi connectivity index (χ3v) is 5.81. The highest BCUT2D eigenvalue weighted by molar-refractivity contribution is 5.20. The van der Waals surface area contributed by atoms with Gasteiger partial charge in [-0.1, -0.05) is 42.5 Å². The summed E-state index contributed by atoms with van der Waals surface area (Å²) in [6.07, 6.45) is 13.0. The summed E-state index contributed by atoms with van der Waals surface area (Å²) < 4.78 is 0. The van der Waals surface area contributed by atoms with Crippen molar-refractivity contribution in [2.45, 2.75) is 56.5 Å². The van der Waals surface area contributed by atoms with Crippen molar-refractivity contribution in [2.24, 2.45) is 11.8 Å². The van der Waals surface area contributed by atoms with Crippen LogP contribution in [0.2, 0.25) is 0 Å². The fourth-order valence-corrected chi connectivity index (χ4v) is 4.53. The lowest BCUT2D eigenvalue weighted by atomic mass is 9.70. The molecule has 0 spiro atoms. The number of allylic oxidation sites excluding steroid dienone is 1. The average molecular weight is 267 g/mol. The lowest BCUT2D eigenvalue weighted by molar-refractivity contribution is 0.138. The fraction of sp³-hybridized carbons (Fsp3) is 0.579. The van der Waals surface area contributed by atoms with E-state index < -0.39 is 0 Å². The second-order valence-electron chi connectivity index (χ2n) is 6.97. The molecule has 0 saturated heterocycles. The van der Waals surface area contributed by atoms with Gasteiger partial charge in [0.25, 0.3) is 0 Å². The predicted octanol–water partition coefficient (Wildman–Crippen LogP) is 4.27. The van der Waals surface area contributed by atoms with E-state index in [4.69, 9.17) is 0 Å². The molecular weight excluding hydrogens is 242 g/mol. The molecule has 1 nitrogen and oxygen atoms in total. The summed E-state index contributed by atoms with van der Waals surface area (Å²) in [5, 5.41) is 3.95. The van der Waals surface area contributed by atoms with Crippen LogP contribution < -0.4 is 5.32 Å². The van der Waals surface area contributed by atoms with Crippen molar-refractivity contribution in [3.05, 3.63) is 48.0 Å². The first kappa shape index (κ1) is 12.6. The zero-order valence-corrected chi connectivity index (χ0v) is 12.2. The smallest absolute Gasteiger partial charge is 0.0138 e. The normalized spacial score (nSPS) is 39.3. The molecule has 0 aromatic heterocycles. The summed E-state index contributed by atoms with van der Waals surface area (Å²) >= 11 is 0. The van der Waals surface area contributed by atoms with Crippen LogP contribution >= 0.6 is 0 Å². The Morgan fingerprint density at radius 2 is 1.75 bits per heavy atom. The molecule has 0 bridgehead atoms. The van der Waals surface area contributed by atoms with Gasteiger partial charge in [0, 0.05) is 12.1 Å². The quantitative estimate of drug-likeness (QED) is 0.807. The van der Waals surface area contributed by atoms with Gasteiger partial charge in [-0.2, -0.15) is 0 Å².